The summed E-state index contributed by atoms with van der Waals surface area (Å²) in [4.78, 5) is 11.4. The number of allylic oxidation sites excluding steroid dienone is 2. The van der Waals surface area contributed by atoms with E-state index in [0.29, 0.717) is 12.0 Å². The average molecular weight is 328 g/mol. The molecule has 0 saturated heterocycles. The van der Waals surface area contributed by atoms with E-state index in [-0.39, 0.29) is 19.0 Å². The van der Waals surface area contributed by atoms with E-state index in [1.807, 2.05) is 6.08 Å². The Kier molecular flexibility index (Phi) is 5.69. The number of benzene rings is 1. The van der Waals surface area contributed by atoms with Gasteiger partial charge in [-0.1, -0.05) is 6.08 Å². The van der Waals surface area contributed by atoms with Crippen molar-refractivity contribution in [2.45, 2.75) is 38.8 Å². The standard InChI is InChI=1S/C17H19F3O3/c1-2-22-16(21)11-23-15-9-8-13(17(18,19)20)10-14(15)12-6-4-3-5-7-12/h6,8-10H,2-5,7,11H2,1H3. The number of carbonyl (C=O) groups is 1. The van der Waals surface area contributed by atoms with E-state index < -0.39 is 17.7 Å². The van der Waals surface area contributed by atoms with Crippen LogP contribution in [0, 0.1) is 0 Å². The van der Waals surface area contributed by atoms with Crippen LogP contribution in [0.25, 0.3) is 5.57 Å². The molecule has 0 atom stereocenters. The van der Waals surface area contributed by atoms with Crippen LogP contribution >= 0.6 is 0 Å². The lowest BCUT2D eigenvalue weighted by atomic mass is 9.92. The number of esters is 1. The molecule has 0 radical (unpaired) electrons. The quantitative estimate of drug-likeness (QED) is 0.741. The zero-order valence-electron chi connectivity index (χ0n) is 12.9. The van der Waals surface area contributed by atoms with Gasteiger partial charge in [0.1, 0.15) is 5.75 Å². The number of alkyl halides is 3. The second-order valence-electron chi connectivity index (χ2n) is 5.28. The van der Waals surface area contributed by atoms with Crippen LogP contribution in [0.1, 0.15) is 43.7 Å². The fourth-order valence-electron chi connectivity index (χ4n) is 2.51. The Morgan fingerprint density at radius 3 is 2.65 bits per heavy atom. The SMILES string of the molecule is CCOC(=O)COc1ccc(C(F)(F)F)cc1C1=CCCCC1. The Morgan fingerprint density at radius 1 is 1.26 bits per heavy atom. The summed E-state index contributed by atoms with van der Waals surface area (Å²) in [5.41, 5.74) is 0.521. The average Bonchev–Trinajstić information content (AvgIpc) is 2.53. The molecule has 1 aliphatic carbocycles. The summed E-state index contributed by atoms with van der Waals surface area (Å²) in [6, 6.07) is 3.33. The third-order valence-corrected chi connectivity index (χ3v) is 3.59. The molecule has 0 fully saturated rings. The number of hydrogen-bond acceptors (Lipinski definition) is 3. The Balaban J connectivity index is 2.29. The summed E-state index contributed by atoms with van der Waals surface area (Å²) in [5.74, 6) is -0.268. The maximum Gasteiger partial charge on any atom is 0.416 e. The van der Waals surface area contributed by atoms with Crippen LogP contribution in [0.4, 0.5) is 13.2 Å². The van der Waals surface area contributed by atoms with Crippen molar-refractivity contribution in [2.24, 2.45) is 0 Å². The fourth-order valence-corrected chi connectivity index (χ4v) is 2.51. The molecule has 23 heavy (non-hydrogen) atoms. The first-order valence-corrected chi connectivity index (χ1v) is 7.61. The topological polar surface area (TPSA) is 35.5 Å². The van der Waals surface area contributed by atoms with Gasteiger partial charge in [-0.05, 0) is 56.4 Å². The molecule has 0 spiro atoms. The van der Waals surface area contributed by atoms with Gasteiger partial charge in [0, 0.05) is 5.56 Å². The smallest absolute Gasteiger partial charge is 0.416 e. The van der Waals surface area contributed by atoms with E-state index in [0.717, 1.165) is 37.0 Å². The van der Waals surface area contributed by atoms with Gasteiger partial charge < -0.3 is 9.47 Å². The molecule has 126 valence electrons. The number of hydrogen-bond donors (Lipinski definition) is 0. The van der Waals surface area contributed by atoms with Crippen molar-refractivity contribution < 1.29 is 27.4 Å². The van der Waals surface area contributed by atoms with Crippen molar-refractivity contribution in [3.05, 3.63) is 35.4 Å². The van der Waals surface area contributed by atoms with Crippen LogP contribution in [0.15, 0.2) is 24.3 Å². The molecule has 1 aromatic rings. The Morgan fingerprint density at radius 2 is 2.04 bits per heavy atom. The van der Waals surface area contributed by atoms with Crippen molar-refractivity contribution in [1.29, 1.82) is 0 Å². The van der Waals surface area contributed by atoms with Crippen molar-refractivity contribution in [1.82, 2.24) is 0 Å². The maximum absolute atomic E-state index is 12.9. The molecule has 0 amide bonds. The van der Waals surface area contributed by atoms with Crippen molar-refractivity contribution in [3.63, 3.8) is 0 Å². The molecule has 0 aliphatic heterocycles. The zero-order valence-corrected chi connectivity index (χ0v) is 12.9. The largest absolute Gasteiger partial charge is 0.481 e. The van der Waals surface area contributed by atoms with Crippen LogP contribution in [0.3, 0.4) is 0 Å². The van der Waals surface area contributed by atoms with Crippen LogP contribution in [0.2, 0.25) is 0 Å². The van der Waals surface area contributed by atoms with Gasteiger partial charge in [0.2, 0.25) is 0 Å². The van der Waals surface area contributed by atoms with E-state index in [2.05, 4.69) is 0 Å². The highest BCUT2D eigenvalue weighted by Crippen LogP contribution is 2.38. The van der Waals surface area contributed by atoms with Gasteiger partial charge in [0.15, 0.2) is 6.61 Å². The van der Waals surface area contributed by atoms with E-state index in [1.54, 1.807) is 6.92 Å². The third-order valence-electron chi connectivity index (χ3n) is 3.59. The van der Waals surface area contributed by atoms with Gasteiger partial charge >= 0.3 is 12.1 Å². The minimum atomic E-state index is -4.41. The zero-order chi connectivity index (χ0) is 16.9. The summed E-state index contributed by atoms with van der Waals surface area (Å²) >= 11 is 0. The first-order valence-electron chi connectivity index (χ1n) is 7.61. The number of ether oxygens (including phenoxy) is 2. The van der Waals surface area contributed by atoms with E-state index in [4.69, 9.17) is 9.47 Å². The predicted molar refractivity (Wildman–Crippen MR) is 80.0 cm³/mol. The Labute approximate surface area is 133 Å². The summed E-state index contributed by atoms with van der Waals surface area (Å²) in [5, 5.41) is 0. The summed E-state index contributed by atoms with van der Waals surface area (Å²) < 4.78 is 49.0. The first kappa shape index (κ1) is 17.4. The van der Waals surface area contributed by atoms with Crippen LogP contribution in [0.5, 0.6) is 5.75 Å². The molecule has 1 aromatic carbocycles. The van der Waals surface area contributed by atoms with Gasteiger partial charge in [-0.25, -0.2) is 4.79 Å². The lowest BCUT2D eigenvalue weighted by Crippen LogP contribution is -2.15. The summed E-state index contributed by atoms with van der Waals surface area (Å²) in [7, 11) is 0. The van der Waals surface area contributed by atoms with Crippen LogP contribution in [-0.4, -0.2) is 19.2 Å². The van der Waals surface area contributed by atoms with Gasteiger partial charge in [-0.15, -0.1) is 0 Å². The van der Waals surface area contributed by atoms with Crippen molar-refractivity contribution in [2.75, 3.05) is 13.2 Å². The number of rotatable bonds is 5. The highest BCUT2D eigenvalue weighted by Gasteiger charge is 2.31. The highest BCUT2D eigenvalue weighted by molar-refractivity contribution is 5.74. The normalized spacial score (nSPS) is 15.0. The molecule has 0 heterocycles. The second kappa shape index (κ2) is 7.53. The Hall–Kier alpha value is -1.98. The van der Waals surface area contributed by atoms with Gasteiger partial charge in [0.25, 0.3) is 0 Å². The van der Waals surface area contributed by atoms with Gasteiger partial charge in [0.05, 0.1) is 12.2 Å². The minimum Gasteiger partial charge on any atom is -0.481 e. The van der Waals surface area contributed by atoms with Gasteiger partial charge in [-0.2, -0.15) is 13.2 Å². The summed E-state index contributed by atoms with van der Waals surface area (Å²) in [6.45, 7) is 1.58. The molecule has 0 bridgehead atoms. The molecular formula is C17H19F3O3. The lowest BCUT2D eigenvalue weighted by Gasteiger charge is -2.18. The monoisotopic (exact) mass is 328 g/mol. The number of halogens is 3. The predicted octanol–water partition coefficient (Wildman–Crippen LogP) is 4.60. The molecular weight excluding hydrogens is 309 g/mol. The third kappa shape index (κ3) is 4.74. The molecule has 2 rings (SSSR count). The maximum atomic E-state index is 12.9. The van der Waals surface area contributed by atoms with Crippen LogP contribution in [-0.2, 0) is 15.7 Å². The molecule has 3 nitrogen and oxygen atoms in total. The van der Waals surface area contributed by atoms with E-state index >= 15 is 0 Å². The molecule has 6 heteroatoms. The molecule has 0 unspecified atom stereocenters. The highest BCUT2D eigenvalue weighted by atomic mass is 19.4. The van der Waals surface area contributed by atoms with Crippen molar-refractivity contribution in [3.8, 4) is 5.75 Å². The lowest BCUT2D eigenvalue weighted by molar-refractivity contribution is -0.145. The fraction of sp³-hybridized carbons (Fsp3) is 0.471. The first-order chi connectivity index (χ1) is 10.9. The molecule has 0 aromatic heterocycles. The Bertz CT molecular complexity index is 591. The summed E-state index contributed by atoms with van der Waals surface area (Å²) in [6.07, 6.45) is 1.03. The second-order valence-corrected chi connectivity index (χ2v) is 5.28. The molecule has 1 aliphatic rings. The van der Waals surface area contributed by atoms with E-state index in [1.165, 1.54) is 6.07 Å². The molecule has 0 saturated carbocycles. The molecule has 0 N–H and O–H groups in total. The van der Waals surface area contributed by atoms with E-state index in [9.17, 15) is 18.0 Å². The minimum absolute atomic E-state index is 0.229. The number of carbonyl (C=O) groups excluding carboxylic acids is 1. The van der Waals surface area contributed by atoms with Crippen LogP contribution < -0.4 is 4.74 Å². The van der Waals surface area contributed by atoms with Gasteiger partial charge in [-0.3, -0.25) is 0 Å². The van der Waals surface area contributed by atoms with Crippen molar-refractivity contribution >= 4 is 11.5 Å².